The first-order valence-corrected chi connectivity index (χ1v) is 8.25. The molecule has 0 aromatic carbocycles. The molecule has 0 atom stereocenters. The van der Waals surface area contributed by atoms with Crippen LogP contribution in [-0.2, 0) is 17.7 Å². The number of nitrogens with one attached hydrogen (secondary N) is 1. The van der Waals surface area contributed by atoms with Crippen molar-refractivity contribution in [3.05, 3.63) is 51.6 Å². The highest BCUT2D eigenvalue weighted by molar-refractivity contribution is 5.93. The smallest absolute Gasteiger partial charge is 0.260 e. The second kappa shape index (κ2) is 6.24. The van der Waals surface area contributed by atoms with Crippen LogP contribution < -0.4 is 5.56 Å². The predicted octanol–water partition coefficient (Wildman–Crippen LogP) is 1.46. The molecule has 2 aromatic rings. The number of fused-ring (bicyclic) bond motifs is 1. The molecule has 2 aliphatic heterocycles. The highest BCUT2D eigenvalue weighted by atomic mass is 16.5. The van der Waals surface area contributed by atoms with Crippen molar-refractivity contribution < 1.29 is 13.9 Å². The maximum Gasteiger partial charge on any atom is 0.260 e. The normalized spacial score (nSPS) is 18.4. The molecule has 1 N–H and O–H groups in total. The Morgan fingerprint density at radius 3 is 2.96 bits per heavy atom. The minimum atomic E-state index is -0.364. The second-order valence-corrected chi connectivity index (χ2v) is 6.20. The Morgan fingerprint density at radius 2 is 2.17 bits per heavy atom. The second-order valence-electron chi connectivity index (χ2n) is 6.20. The molecular formula is C17H19N3O4. The van der Waals surface area contributed by atoms with Crippen molar-refractivity contribution in [1.82, 2.24) is 14.9 Å². The zero-order chi connectivity index (χ0) is 16.5. The highest BCUT2D eigenvalue weighted by Crippen LogP contribution is 2.30. The number of hydrogen-bond donors (Lipinski definition) is 1. The summed E-state index contributed by atoms with van der Waals surface area (Å²) < 4.78 is 11.3. The van der Waals surface area contributed by atoms with Crippen LogP contribution in [0.1, 0.15) is 46.5 Å². The van der Waals surface area contributed by atoms with Crippen molar-refractivity contribution in [2.45, 2.75) is 31.7 Å². The lowest BCUT2D eigenvalue weighted by molar-refractivity contribution is 0.0724. The number of pyridine rings is 1. The monoisotopic (exact) mass is 329 g/mol. The molecule has 0 unspecified atom stereocenters. The van der Waals surface area contributed by atoms with Gasteiger partial charge in [-0.05, 0) is 25.0 Å². The summed E-state index contributed by atoms with van der Waals surface area (Å²) in [6.07, 6.45) is 3.98. The Hall–Kier alpha value is -2.41. The third-order valence-electron chi connectivity index (χ3n) is 4.65. The van der Waals surface area contributed by atoms with E-state index in [-0.39, 0.29) is 17.0 Å². The van der Waals surface area contributed by atoms with E-state index in [0.29, 0.717) is 25.4 Å². The average molecular weight is 329 g/mol. The number of oxazole rings is 1. The van der Waals surface area contributed by atoms with E-state index in [0.717, 1.165) is 43.4 Å². The number of amides is 1. The lowest BCUT2D eigenvalue weighted by Crippen LogP contribution is -2.38. The molecule has 4 rings (SSSR count). The van der Waals surface area contributed by atoms with Crippen LogP contribution in [-0.4, -0.2) is 40.5 Å². The van der Waals surface area contributed by atoms with Gasteiger partial charge in [0, 0.05) is 38.3 Å². The number of carbonyl (C=O) groups is 1. The van der Waals surface area contributed by atoms with Gasteiger partial charge in [0.05, 0.1) is 6.54 Å². The summed E-state index contributed by atoms with van der Waals surface area (Å²) in [5.41, 5.74) is 0.605. The van der Waals surface area contributed by atoms with Gasteiger partial charge in [-0.25, -0.2) is 4.98 Å². The number of carbonyl (C=O) groups excluding carboxylic acids is 1. The van der Waals surface area contributed by atoms with Crippen molar-refractivity contribution in [2.24, 2.45) is 0 Å². The van der Waals surface area contributed by atoms with Crippen LogP contribution in [0.25, 0.3) is 0 Å². The van der Waals surface area contributed by atoms with Gasteiger partial charge in [0.2, 0.25) is 0 Å². The Bertz CT molecular complexity index is 804. The summed E-state index contributed by atoms with van der Waals surface area (Å²) in [5, 5.41) is 0. The van der Waals surface area contributed by atoms with Crippen molar-refractivity contribution in [3.63, 3.8) is 0 Å². The predicted molar refractivity (Wildman–Crippen MR) is 84.8 cm³/mol. The fourth-order valence-corrected chi connectivity index (χ4v) is 3.27. The minimum Gasteiger partial charge on any atom is -0.445 e. The molecule has 2 aliphatic rings. The van der Waals surface area contributed by atoms with Gasteiger partial charge in [-0.15, -0.1) is 0 Å². The zero-order valence-electron chi connectivity index (χ0n) is 13.3. The Morgan fingerprint density at radius 1 is 1.33 bits per heavy atom. The first-order chi connectivity index (χ1) is 11.7. The molecule has 1 amide bonds. The van der Waals surface area contributed by atoms with E-state index in [9.17, 15) is 9.59 Å². The van der Waals surface area contributed by atoms with Gasteiger partial charge in [-0.2, -0.15) is 0 Å². The van der Waals surface area contributed by atoms with Crippen molar-refractivity contribution >= 4 is 5.91 Å². The van der Waals surface area contributed by atoms with Crippen molar-refractivity contribution in [3.8, 4) is 0 Å². The number of H-pyrrole nitrogens is 1. The number of aromatic nitrogens is 2. The molecule has 7 heteroatoms. The van der Waals surface area contributed by atoms with E-state index in [1.54, 1.807) is 17.0 Å². The topological polar surface area (TPSA) is 88.4 Å². The summed E-state index contributed by atoms with van der Waals surface area (Å²) in [4.78, 5) is 33.2. The summed E-state index contributed by atoms with van der Waals surface area (Å²) in [5.74, 6) is 1.65. The molecule has 1 fully saturated rings. The van der Waals surface area contributed by atoms with E-state index < -0.39 is 0 Å². The van der Waals surface area contributed by atoms with E-state index in [1.807, 2.05) is 0 Å². The van der Waals surface area contributed by atoms with Crippen LogP contribution in [0.4, 0.5) is 0 Å². The first kappa shape index (κ1) is 15.1. The number of rotatable bonds is 2. The molecule has 0 aliphatic carbocycles. The van der Waals surface area contributed by atoms with E-state index in [1.165, 1.54) is 6.20 Å². The molecule has 4 heterocycles. The quantitative estimate of drug-likeness (QED) is 0.901. The zero-order valence-corrected chi connectivity index (χ0v) is 13.3. The van der Waals surface area contributed by atoms with Gasteiger partial charge in [-0.3, -0.25) is 9.59 Å². The molecule has 0 saturated carbocycles. The van der Waals surface area contributed by atoms with E-state index >= 15 is 0 Å². The summed E-state index contributed by atoms with van der Waals surface area (Å²) in [6, 6.07) is 3.20. The van der Waals surface area contributed by atoms with Gasteiger partial charge >= 0.3 is 0 Å². The van der Waals surface area contributed by atoms with Gasteiger partial charge in [0.25, 0.3) is 11.5 Å². The molecular weight excluding hydrogens is 310 g/mol. The largest absolute Gasteiger partial charge is 0.445 e. The van der Waals surface area contributed by atoms with Gasteiger partial charge < -0.3 is 19.0 Å². The van der Waals surface area contributed by atoms with Crippen LogP contribution in [0.15, 0.2) is 27.5 Å². The van der Waals surface area contributed by atoms with Crippen molar-refractivity contribution in [1.29, 1.82) is 0 Å². The Balaban J connectivity index is 1.53. The lowest BCUT2D eigenvalue weighted by atomic mass is 10.0. The minimum absolute atomic E-state index is 0.161. The lowest BCUT2D eigenvalue weighted by Gasteiger charge is -2.25. The van der Waals surface area contributed by atoms with Crippen LogP contribution in [0, 0.1) is 0 Å². The molecule has 7 nitrogen and oxygen atoms in total. The molecule has 0 bridgehead atoms. The van der Waals surface area contributed by atoms with Crippen LogP contribution in [0.5, 0.6) is 0 Å². The molecule has 126 valence electrons. The Kier molecular flexibility index (Phi) is 3.93. The van der Waals surface area contributed by atoms with Crippen molar-refractivity contribution in [2.75, 3.05) is 19.8 Å². The molecule has 24 heavy (non-hydrogen) atoms. The maximum absolute atomic E-state index is 12.6. The number of nitrogens with zero attached hydrogens (tertiary/aromatic N) is 2. The third kappa shape index (κ3) is 2.75. The molecule has 0 spiro atoms. The summed E-state index contributed by atoms with van der Waals surface area (Å²) in [6.45, 7) is 2.38. The van der Waals surface area contributed by atoms with Crippen LogP contribution in [0.3, 0.4) is 0 Å². The maximum atomic E-state index is 12.6. The fourth-order valence-electron chi connectivity index (χ4n) is 3.27. The molecule has 2 aromatic heterocycles. The van der Waals surface area contributed by atoms with Crippen LogP contribution in [0.2, 0.25) is 0 Å². The number of hydrogen-bond acceptors (Lipinski definition) is 5. The van der Waals surface area contributed by atoms with Gasteiger partial charge in [0.15, 0.2) is 5.89 Å². The van der Waals surface area contributed by atoms with Gasteiger partial charge in [0.1, 0.15) is 17.0 Å². The third-order valence-corrected chi connectivity index (χ3v) is 4.65. The van der Waals surface area contributed by atoms with E-state index in [4.69, 9.17) is 9.15 Å². The Labute approximate surface area is 138 Å². The summed E-state index contributed by atoms with van der Waals surface area (Å²) >= 11 is 0. The molecule has 1 saturated heterocycles. The molecule has 0 radical (unpaired) electrons. The summed E-state index contributed by atoms with van der Waals surface area (Å²) in [7, 11) is 0. The number of ether oxygens (including phenoxy) is 1. The standard InChI is InChI=1S/C17H19N3O4/c21-15-12(2-1-6-18-15)17(22)20-7-3-14-13(10-20)19-16(24-14)11-4-8-23-9-5-11/h1-2,6,11H,3-5,7-10H2,(H,18,21). The average Bonchev–Trinajstić information content (AvgIpc) is 3.05. The number of aromatic amines is 1. The van der Waals surface area contributed by atoms with E-state index in [2.05, 4.69) is 9.97 Å². The fraction of sp³-hybridized carbons (Fsp3) is 0.471. The SMILES string of the molecule is O=C(c1ccc[nH]c1=O)N1CCc2oc(C3CCOCC3)nc2C1. The highest BCUT2D eigenvalue weighted by Gasteiger charge is 2.29. The van der Waals surface area contributed by atoms with Gasteiger partial charge in [-0.1, -0.05) is 0 Å². The first-order valence-electron chi connectivity index (χ1n) is 8.25. The van der Waals surface area contributed by atoms with Crippen LogP contribution >= 0.6 is 0 Å².